The molecule has 0 N–H and O–H groups in total. The number of aromatic nitrogens is 3. The number of benzene rings is 1. The summed E-state index contributed by atoms with van der Waals surface area (Å²) in [6.45, 7) is 0. The Morgan fingerprint density at radius 3 is 2.82 bits per heavy atom. The largest absolute Gasteiger partial charge is 0.330 e. The van der Waals surface area contributed by atoms with Crippen LogP contribution in [0.5, 0.6) is 0 Å². The Balaban J connectivity index is 2.09. The standard InChI is InChI=1S/C16H11BrN4O/c1-21-14-5-3-2-4-13(14)20-16(21)12(7-18)15(22)10-6-11(17)9-19-8-10/h2-6,8-9,12H,1H3. The van der Waals surface area contributed by atoms with Gasteiger partial charge in [-0.25, -0.2) is 4.98 Å². The molecule has 0 saturated heterocycles. The maximum absolute atomic E-state index is 12.6. The van der Waals surface area contributed by atoms with Crippen molar-refractivity contribution in [2.75, 3.05) is 0 Å². The average molecular weight is 355 g/mol. The average Bonchev–Trinajstić information content (AvgIpc) is 2.85. The molecule has 0 amide bonds. The minimum absolute atomic E-state index is 0.310. The molecular formula is C16H11BrN4O. The predicted molar refractivity (Wildman–Crippen MR) is 85.3 cm³/mol. The van der Waals surface area contributed by atoms with Gasteiger partial charge in [0.1, 0.15) is 5.82 Å². The summed E-state index contributed by atoms with van der Waals surface area (Å²) in [7, 11) is 1.81. The minimum atomic E-state index is -0.964. The Morgan fingerprint density at radius 1 is 1.36 bits per heavy atom. The first-order chi connectivity index (χ1) is 10.6. The molecule has 0 aliphatic carbocycles. The lowest BCUT2D eigenvalue weighted by Gasteiger charge is -2.08. The fraction of sp³-hybridized carbons (Fsp3) is 0.125. The number of hydrogen-bond donors (Lipinski definition) is 0. The number of Topliss-reactive ketones (excluding diaryl/α,β-unsaturated/α-hetero) is 1. The van der Waals surface area contributed by atoms with E-state index in [9.17, 15) is 10.1 Å². The summed E-state index contributed by atoms with van der Waals surface area (Å²) in [6.07, 6.45) is 3.05. The van der Waals surface area contributed by atoms with E-state index < -0.39 is 5.92 Å². The SMILES string of the molecule is Cn1c(C(C#N)C(=O)c2cncc(Br)c2)nc2ccccc21. The highest BCUT2D eigenvalue weighted by atomic mass is 79.9. The van der Waals surface area contributed by atoms with E-state index in [1.807, 2.05) is 24.3 Å². The van der Waals surface area contributed by atoms with Crippen molar-refractivity contribution in [2.45, 2.75) is 5.92 Å². The van der Waals surface area contributed by atoms with Crippen LogP contribution in [-0.4, -0.2) is 20.3 Å². The first-order valence-corrected chi connectivity index (χ1v) is 7.37. The van der Waals surface area contributed by atoms with Crippen molar-refractivity contribution in [2.24, 2.45) is 7.05 Å². The van der Waals surface area contributed by atoms with Crippen molar-refractivity contribution < 1.29 is 4.79 Å². The lowest BCUT2D eigenvalue weighted by Crippen LogP contribution is -2.15. The minimum Gasteiger partial charge on any atom is -0.330 e. The van der Waals surface area contributed by atoms with E-state index in [1.54, 1.807) is 23.9 Å². The zero-order chi connectivity index (χ0) is 15.7. The van der Waals surface area contributed by atoms with Crippen molar-refractivity contribution in [1.29, 1.82) is 5.26 Å². The molecule has 22 heavy (non-hydrogen) atoms. The van der Waals surface area contributed by atoms with Crippen LogP contribution >= 0.6 is 15.9 Å². The Labute approximate surface area is 135 Å². The summed E-state index contributed by atoms with van der Waals surface area (Å²) in [5.41, 5.74) is 2.03. The van der Waals surface area contributed by atoms with Gasteiger partial charge in [0.25, 0.3) is 0 Å². The summed E-state index contributed by atoms with van der Waals surface area (Å²) < 4.78 is 2.48. The quantitative estimate of drug-likeness (QED) is 0.677. The molecule has 3 rings (SSSR count). The number of carbonyl (C=O) groups is 1. The molecule has 0 fully saturated rings. The number of rotatable bonds is 3. The number of pyridine rings is 1. The van der Waals surface area contributed by atoms with E-state index in [0.29, 0.717) is 15.9 Å². The van der Waals surface area contributed by atoms with Crippen LogP contribution in [0, 0.1) is 11.3 Å². The molecule has 2 heterocycles. The molecule has 0 spiro atoms. The summed E-state index contributed by atoms with van der Waals surface area (Å²) >= 11 is 3.28. The smallest absolute Gasteiger partial charge is 0.189 e. The zero-order valence-electron chi connectivity index (χ0n) is 11.7. The van der Waals surface area contributed by atoms with Crippen LogP contribution in [0.2, 0.25) is 0 Å². The summed E-state index contributed by atoms with van der Waals surface area (Å²) in [6, 6.07) is 11.3. The van der Waals surface area contributed by atoms with Crippen LogP contribution in [0.25, 0.3) is 11.0 Å². The van der Waals surface area contributed by atoms with Gasteiger partial charge in [0.05, 0.1) is 17.1 Å². The van der Waals surface area contributed by atoms with E-state index in [1.165, 1.54) is 6.20 Å². The van der Waals surface area contributed by atoms with E-state index in [0.717, 1.165) is 11.0 Å². The van der Waals surface area contributed by atoms with Crippen molar-refractivity contribution in [1.82, 2.24) is 14.5 Å². The molecule has 2 aromatic heterocycles. The molecule has 3 aromatic rings. The van der Waals surface area contributed by atoms with E-state index in [-0.39, 0.29) is 5.78 Å². The van der Waals surface area contributed by atoms with Crippen molar-refractivity contribution in [3.05, 3.63) is 58.6 Å². The highest BCUT2D eigenvalue weighted by molar-refractivity contribution is 9.10. The third-order valence-corrected chi connectivity index (χ3v) is 3.89. The third-order valence-electron chi connectivity index (χ3n) is 3.46. The molecule has 6 heteroatoms. The van der Waals surface area contributed by atoms with Gasteiger partial charge in [0.15, 0.2) is 11.7 Å². The fourth-order valence-corrected chi connectivity index (χ4v) is 2.73. The molecule has 0 radical (unpaired) electrons. The number of nitrogens with zero attached hydrogens (tertiary/aromatic N) is 4. The number of hydrogen-bond acceptors (Lipinski definition) is 4. The van der Waals surface area contributed by atoms with Crippen LogP contribution < -0.4 is 0 Å². The molecular weight excluding hydrogens is 344 g/mol. The van der Waals surface area contributed by atoms with Gasteiger partial charge in [0, 0.05) is 29.5 Å². The lowest BCUT2D eigenvalue weighted by molar-refractivity contribution is 0.0975. The first-order valence-electron chi connectivity index (χ1n) is 6.57. The van der Waals surface area contributed by atoms with Gasteiger partial charge in [-0.05, 0) is 34.1 Å². The van der Waals surface area contributed by atoms with Gasteiger partial charge >= 0.3 is 0 Å². The molecule has 1 unspecified atom stereocenters. The molecule has 0 bridgehead atoms. The van der Waals surface area contributed by atoms with Crippen LogP contribution in [0.1, 0.15) is 22.1 Å². The van der Waals surface area contributed by atoms with Crippen LogP contribution in [0.15, 0.2) is 47.2 Å². The third kappa shape index (κ3) is 2.40. The predicted octanol–water partition coefficient (Wildman–Crippen LogP) is 3.22. The normalized spacial score (nSPS) is 12.0. The van der Waals surface area contributed by atoms with Gasteiger partial charge in [0.2, 0.25) is 0 Å². The van der Waals surface area contributed by atoms with E-state index in [4.69, 9.17) is 0 Å². The van der Waals surface area contributed by atoms with Crippen molar-refractivity contribution >= 4 is 32.7 Å². The monoisotopic (exact) mass is 354 g/mol. The Hall–Kier alpha value is -2.52. The number of ketones is 1. The second kappa shape index (κ2) is 5.70. The van der Waals surface area contributed by atoms with Gasteiger partial charge in [-0.2, -0.15) is 5.26 Å². The Bertz CT molecular complexity index is 910. The van der Waals surface area contributed by atoms with Gasteiger partial charge in [-0.1, -0.05) is 12.1 Å². The number of nitriles is 1. The van der Waals surface area contributed by atoms with Crippen molar-refractivity contribution in [3.8, 4) is 6.07 Å². The first kappa shape index (κ1) is 14.4. The molecule has 1 aromatic carbocycles. The van der Waals surface area contributed by atoms with Gasteiger partial charge in [-0.3, -0.25) is 9.78 Å². The number of carbonyl (C=O) groups excluding carboxylic acids is 1. The highest BCUT2D eigenvalue weighted by Gasteiger charge is 2.27. The number of aryl methyl sites for hydroxylation is 1. The van der Waals surface area contributed by atoms with E-state index >= 15 is 0 Å². The maximum atomic E-state index is 12.6. The lowest BCUT2D eigenvalue weighted by atomic mass is 9.99. The van der Waals surface area contributed by atoms with Crippen LogP contribution in [0.4, 0.5) is 0 Å². The molecule has 0 saturated carbocycles. The summed E-state index contributed by atoms with van der Waals surface area (Å²) in [5, 5.41) is 9.47. The van der Waals surface area contributed by atoms with Gasteiger partial charge in [-0.15, -0.1) is 0 Å². The van der Waals surface area contributed by atoms with Crippen LogP contribution in [-0.2, 0) is 7.05 Å². The molecule has 108 valence electrons. The summed E-state index contributed by atoms with van der Waals surface area (Å²) in [4.78, 5) is 21.0. The topological polar surface area (TPSA) is 71.6 Å². The Kier molecular flexibility index (Phi) is 3.73. The van der Waals surface area contributed by atoms with Crippen molar-refractivity contribution in [3.63, 3.8) is 0 Å². The molecule has 0 aliphatic rings. The number of imidazole rings is 1. The number of para-hydroxylation sites is 2. The van der Waals surface area contributed by atoms with Gasteiger partial charge < -0.3 is 4.57 Å². The number of halogens is 1. The second-order valence-electron chi connectivity index (χ2n) is 4.84. The molecule has 0 aliphatic heterocycles. The zero-order valence-corrected chi connectivity index (χ0v) is 13.3. The fourth-order valence-electron chi connectivity index (χ4n) is 2.37. The highest BCUT2D eigenvalue weighted by Crippen LogP contribution is 2.24. The number of fused-ring (bicyclic) bond motifs is 1. The molecule has 5 nitrogen and oxygen atoms in total. The molecule has 1 atom stereocenters. The summed E-state index contributed by atoms with van der Waals surface area (Å²) in [5.74, 6) is -0.836. The van der Waals surface area contributed by atoms with Crippen LogP contribution in [0.3, 0.4) is 0 Å². The Morgan fingerprint density at radius 2 is 2.14 bits per heavy atom. The van der Waals surface area contributed by atoms with E-state index in [2.05, 4.69) is 32.0 Å². The second-order valence-corrected chi connectivity index (χ2v) is 5.75. The maximum Gasteiger partial charge on any atom is 0.189 e.